The van der Waals surface area contributed by atoms with Crippen molar-refractivity contribution in [3.63, 3.8) is 0 Å². The van der Waals surface area contributed by atoms with Gasteiger partial charge in [0.2, 0.25) is 12.3 Å². The van der Waals surface area contributed by atoms with Crippen molar-refractivity contribution in [2.75, 3.05) is 0 Å². The minimum atomic E-state index is -0.966. The Hall–Kier alpha value is -1.67. The molecule has 0 aromatic carbocycles. The summed E-state index contributed by atoms with van der Waals surface area (Å²) in [5, 5.41) is 0. The van der Waals surface area contributed by atoms with Crippen molar-refractivity contribution in [3.8, 4) is 0 Å². The molecule has 0 aromatic rings. The summed E-state index contributed by atoms with van der Waals surface area (Å²) in [6.07, 6.45) is 1.51. The van der Waals surface area contributed by atoms with Gasteiger partial charge in [-0.15, -0.1) is 0 Å². The highest BCUT2D eigenvalue weighted by atomic mass is 16.6. The second kappa shape index (κ2) is 5.04. The number of carbonyl (C=O) groups excluding carboxylic acids is 2. The van der Waals surface area contributed by atoms with E-state index in [2.05, 4.69) is 22.9 Å². The number of ether oxygens (including phenoxy) is 1. The first-order valence-corrected chi connectivity index (χ1v) is 3.18. The summed E-state index contributed by atoms with van der Waals surface area (Å²) in [5.41, 5.74) is 0.239. The summed E-state index contributed by atoms with van der Waals surface area (Å²) >= 11 is 0. The van der Waals surface area contributed by atoms with Crippen molar-refractivity contribution in [3.05, 3.63) is 24.8 Å². The van der Waals surface area contributed by atoms with Gasteiger partial charge in [0.25, 0.3) is 0 Å². The van der Waals surface area contributed by atoms with E-state index in [9.17, 15) is 9.59 Å². The van der Waals surface area contributed by atoms with Crippen molar-refractivity contribution in [1.29, 1.82) is 0 Å². The van der Waals surface area contributed by atoms with Gasteiger partial charge in [0.15, 0.2) is 0 Å². The number of hydrogen-bond donors (Lipinski definition) is 0. The van der Waals surface area contributed by atoms with Crippen LogP contribution in [0.1, 0.15) is 6.92 Å². The molecule has 0 saturated heterocycles. The van der Waals surface area contributed by atoms with Crippen molar-refractivity contribution in [2.24, 2.45) is 4.99 Å². The molecule has 0 saturated carbocycles. The van der Waals surface area contributed by atoms with E-state index in [1.54, 1.807) is 0 Å². The molecule has 0 radical (unpaired) electrons. The van der Waals surface area contributed by atoms with Crippen molar-refractivity contribution >= 4 is 12.0 Å². The SMILES string of the molecule is C=CC(N=C=O)OC(=O)C(=C)C. The molecule has 0 aliphatic heterocycles. The van der Waals surface area contributed by atoms with Gasteiger partial charge in [-0.3, -0.25) is 0 Å². The predicted octanol–water partition coefficient (Wildman–Crippen LogP) is 0.954. The lowest BCUT2D eigenvalue weighted by atomic mass is 10.4. The van der Waals surface area contributed by atoms with Gasteiger partial charge < -0.3 is 4.74 Å². The molecule has 0 aromatic heterocycles. The Morgan fingerprint density at radius 2 is 2.33 bits per heavy atom. The normalized spacial score (nSPS) is 10.8. The van der Waals surface area contributed by atoms with Crippen LogP contribution in [0.2, 0.25) is 0 Å². The number of nitrogens with zero attached hydrogens (tertiary/aromatic N) is 1. The first-order chi connectivity index (χ1) is 5.61. The Balaban J connectivity index is 4.20. The van der Waals surface area contributed by atoms with Gasteiger partial charge in [0, 0.05) is 5.57 Å². The van der Waals surface area contributed by atoms with E-state index in [1.165, 1.54) is 19.1 Å². The Morgan fingerprint density at radius 3 is 2.67 bits per heavy atom. The highest BCUT2D eigenvalue weighted by Crippen LogP contribution is 1.99. The molecule has 12 heavy (non-hydrogen) atoms. The van der Waals surface area contributed by atoms with Crippen LogP contribution in [-0.4, -0.2) is 18.3 Å². The Bertz CT molecular complexity index is 251. The summed E-state index contributed by atoms with van der Waals surface area (Å²) in [6.45, 7) is 8.16. The molecule has 0 fully saturated rings. The van der Waals surface area contributed by atoms with Gasteiger partial charge in [-0.2, -0.15) is 4.99 Å². The number of esters is 1. The predicted molar refractivity (Wildman–Crippen MR) is 43.0 cm³/mol. The standard InChI is InChI=1S/C8H9NO3/c1-4-7(9-5-10)12-8(11)6(2)3/h4,7H,1-2H2,3H3. The summed E-state index contributed by atoms with van der Waals surface area (Å²) in [7, 11) is 0. The fraction of sp³-hybridized carbons (Fsp3) is 0.250. The largest absolute Gasteiger partial charge is 0.432 e. The van der Waals surface area contributed by atoms with Crippen LogP contribution in [0.25, 0.3) is 0 Å². The lowest BCUT2D eigenvalue weighted by Crippen LogP contribution is -2.13. The van der Waals surface area contributed by atoms with E-state index in [-0.39, 0.29) is 5.57 Å². The Morgan fingerprint density at radius 1 is 1.75 bits per heavy atom. The van der Waals surface area contributed by atoms with Gasteiger partial charge in [-0.05, 0) is 13.0 Å². The van der Waals surface area contributed by atoms with Crippen LogP contribution in [-0.2, 0) is 14.3 Å². The minimum absolute atomic E-state index is 0.239. The molecule has 0 rings (SSSR count). The highest BCUT2D eigenvalue weighted by molar-refractivity contribution is 5.87. The Kier molecular flexibility index (Phi) is 4.34. The zero-order chi connectivity index (χ0) is 9.56. The van der Waals surface area contributed by atoms with Gasteiger partial charge in [0.05, 0.1) is 0 Å². The summed E-state index contributed by atoms with van der Waals surface area (Å²) in [6, 6.07) is 0. The molecule has 4 heteroatoms. The maximum atomic E-state index is 10.8. The van der Waals surface area contributed by atoms with Gasteiger partial charge in [-0.25, -0.2) is 9.59 Å². The molecular formula is C8H9NO3. The fourth-order valence-corrected chi connectivity index (χ4v) is 0.389. The molecule has 0 spiro atoms. The van der Waals surface area contributed by atoms with Crippen molar-refractivity contribution in [1.82, 2.24) is 0 Å². The van der Waals surface area contributed by atoms with Crippen molar-refractivity contribution in [2.45, 2.75) is 13.2 Å². The molecular weight excluding hydrogens is 158 g/mol. The summed E-state index contributed by atoms with van der Waals surface area (Å²) in [4.78, 5) is 23.8. The van der Waals surface area contributed by atoms with E-state index in [4.69, 9.17) is 0 Å². The average molecular weight is 167 g/mol. The monoisotopic (exact) mass is 167 g/mol. The third-order valence-electron chi connectivity index (χ3n) is 0.958. The van der Waals surface area contributed by atoms with Crippen molar-refractivity contribution < 1.29 is 14.3 Å². The van der Waals surface area contributed by atoms with Crippen LogP contribution in [0.3, 0.4) is 0 Å². The third-order valence-corrected chi connectivity index (χ3v) is 0.958. The molecule has 0 amide bonds. The van der Waals surface area contributed by atoms with E-state index in [1.807, 2.05) is 0 Å². The Labute approximate surface area is 70.2 Å². The van der Waals surface area contributed by atoms with E-state index in [0.29, 0.717) is 0 Å². The number of rotatable bonds is 4. The highest BCUT2D eigenvalue weighted by Gasteiger charge is 2.08. The maximum absolute atomic E-state index is 10.8. The van der Waals surface area contributed by atoms with E-state index >= 15 is 0 Å². The molecule has 1 unspecified atom stereocenters. The molecule has 1 atom stereocenters. The smallest absolute Gasteiger partial charge is 0.335 e. The molecule has 0 bridgehead atoms. The second-order valence-electron chi connectivity index (χ2n) is 2.03. The molecule has 64 valence electrons. The molecule has 0 N–H and O–H groups in total. The quantitative estimate of drug-likeness (QED) is 0.206. The number of aliphatic imine (C=N–C) groups is 1. The molecule has 4 nitrogen and oxygen atoms in total. The first kappa shape index (κ1) is 10.3. The van der Waals surface area contributed by atoms with Crippen LogP contribution in [0.5, 0.6) is 0 Å². The maximum Gasteiger partial charge on any atom is 0.335 e. The first-order valence-electron chi connectivity index (χ1n) is 3.18. The van der Waals surface area contributed by atoms with Crippen LogP contribution in [0, 0.1) is 0 Å². The number of hydrogen-bond acceptors (Lipinski definition) is 4. The zero-order valence-electron chi connectivity index (χ0n) is 6.74. The molecule has 0 aliphatic carbocycles. The van der Waals surface area contributed by atoms with Crippen LogP contribution in [0.4, 0.5) is 0 Å². The number of isocyanates is 1. The summed E-state index contributed by atoms with van der Waals surface area (Å²) < 4.78 is 4.62. The van der Waals surface area contributed by atoms with Crippen LogP contribution < -0.4 is 0 Å². The average Bonchev–Trinajstić information content (AvgIpc) is 2.03. The lowest BCUT2D eigenvalue weighted by molar-refractivity contribution is -0.141. The third kappa shape index (κ3) is 3.49. The van der Waals surface area contributed by atoms with Crippen LogP contribution in [0.15, 0.2) is 29.8 Å². The molecule has 0 heterocycles. The molecule has 0 aliphatic rings. The van der Waals surface area contributed by atoms with Gasteiger partial charge in [-0.1, -0.05) is 13.2 Å². The fourth-order valence-electron chi connectivity index (χ4n) is 0.389. The second-order valence-corrected chi connectivity index (χ2v) is 2.03. The zero-order valence-corrected chi connectivity index (χ0v) is 6.74. The van der Waals surface area contributed by atoms with E-state index in [0.717, 1.165) is 0 Å². The topological polar surface area (TPSA) is 55.7 Å². The van der Waals surface area contributed by atoms with Crippen LogP contribution >= 0.6 is 0 Å². The van der Waals surface area contributed by atoms with E-state index < -0.39 is 12.2 Å². The number of carbonyl (C=O) groups is 1. The minimum Gasteiger partial charge on any atom is -0.432 e. The van der Waals surface area contributed by atoms with Gasteiger partial charge in [0.1, 0.15) is 0 Å². The summed E-state index contributed by atoms with van der Waals surface area (Å²) in [5.74, 6) is -0.612. The lowest BCUT2D eigenvalue weighted by Gasteiger charge is -2.06. The van der Waals surface area contributed by atoms with Gasteiger partial charge >= 0.3 is 5.97 Å².